The van der Waals surface area contributed by atoms with E-state index in [0.717, 1.165) is 38.9 Å². The molecular formula is C16H31N3O2. The van der Waals surface area contributed by atoms with Crippen LogP contribution in [0, 0.1) is 5.92 Å². The van der Waals surface area contributed by atoms with Crippen molar-refractivity contribution in [3.63, 3.8) is 0 Å². The first kappa shape index (κ1) is 18.0. The number of carbonyl (C=O) groups excluding carboxylic acids is 1. The predicted octanol–water partition coefficient (Wildman–Crippen LogP) is 1.73. The second kappa shape index (κ2) is 8.39. The molecule has 0 bridgehead atoms. The summed E-state index contributed by atoms with van der Waals surface area (Å²) in [5.74, 6) is 0.153. The Labute approximate surface area is 128 Å². The summed E-state index contributed by atoms with van der Waals surface area (Å²) in [5, 5.41) is 16.1. The second-order valence-corrected chi connectivity index (χ2v) is 6.36. The molecule has 122 valence electrons. The van der Waals surface area contributed by atoms with Crippen LogP contribution in [0.3, 0.4) is 0 Å². The van der Waals surface area contributed by atoms with Crippen molar-refractivity contribution in [2.75, 3.05) is 26.2 Å². The lowest BCUT2D eigenvalue weighted by atomic mass is 9.89. The van der Waals surface area contributed by atoms with Gasteiger partial charge in [0.05, 0.1) is 5.60 Å². The van der Waals surface area contributed by atoms with Gasteiger partial charge < -0.3 is 15.7 Å². The van der Waals surface area contributed by atoms with E-state index < -0.39 is 5.60 Å². The number of nitrogens with one attached hydrogen (secondary N) is 2. The van der Waals surface area contributed by atoms with Gasteiger partial charge in [-0.15, -0.1) is 6.58 Å². The van der Waals surface area contributed by atoms with Crippen LogP contribution in [0.1, 0.15) is 40.0 Å². The van der Waals surface area contributed by atoms with Gasteiger partial charge in [0.1, 0.15) is 0 Å². The average Bonchev–Trinajstić information content (AvgIpc) is 2.46. The highest BCUT2D eigenvalue weighted by atomic mass is 16.3. The molecular weight excluding hydrogens is 266 g/mol. The fourth-order valence-corrected chi connectivity index (χ4v) is 2.55. The summed E-state index contributed by atoms with van der Waals surface area (Å²) >= 11 is 0. The molecule has 2 unspecified atom stereocenters. The lowest BCUT2D eigenvalue weighted by molar-refractivity contribution is 0.00778. The van der Waals surface area contributed by atoms with Gasteiger partial charge in [-0.05, 0) is 25.7 Å². The van der Waals surface area contributed by atoms with Gasteiger partial charge in [0.25, 0.3) is 0 Å². The van der Waals surface area contributed by atoms with Crippen molar-refractivity contribution in [1.29, 1.82) is 0 Å². The molecule has 0 aliphatic carbocycles. The van der Waals surface area contributed by atoms with E-state index >= 15 is 0 Å². The minimum Gasteiger partial charge on any atom is -0.388 e. The Balaban J connectivity index is 2.27. The fraction of sp³-hybridized carbons (Fsp3) is 0.812. The third-order valence-electron chi connectivity index (χ3n) is 4.59. The molecule has 21 heavy (non-hydrogen) atoms. The molecule has 5 heteroatoms. The number of nitrogens with zero attached hydrogens (tertiary/aromatic N) is 1. The first-order valence-electron chi connectivity index (χ1n) is 7.99. The molecule has 0 saturated carbocycles. The van der Waals surface area contributed by atoms with Gasteiger partial charge in [-0.3, -0.25) is 4.90 Å². The quantitative estimate of drug-likeness (QED) is 0.627. The zero-order valence-corrected chi connectivity index (χ0v) is 13.7. The molecule has 2 amide bonds. The number of rotatable bonds is 7. The summed E-state index contributed by atoms with van der Waals surface area (Å²) in [6.07, 6.45) is 4.72. The van der Waals surface area contributed by atoms with Gasteiger partial charge in [0.2, 0.25) is 0 Å². The molecule has 1 heterocycles. The van der Waals surface area contributed by atoms with E-state index in [1.165, 1.54) is 0 Å². The maximum absolute atomic E-state index is 11.9. The predicted molar refractivity (Wildman–Crippen MR) is 86.3 cm³/mol. The third kappa shape index (κ3) is 6.06. The molecule has 0 aromatic rings. The molecule has 2 atom stereocenters. The molecule has 0 radical (unpaired) electrons. The Bertz CT molecular complexity index is 336. The zero-order chi connectivity index (χ0) is 15.9. The molecule has 0 aromatic heterocycles. The molecule has 3 N–H and O–H groups in total. The maximum atomic E-state index is 11.9. The zero-order valence-electron chi connectivity index (χ0n) is 13.7. The van der Waals surface area contributed by atoms with Crippen LogP contribution in [0.25, 0.3) is 0 Å². The van der Waals surface area contributed by atoms with Crippen LogP contribution in [-0.2, 0) is 0 Å². The Morgan fingerprint density at radius 1 is 1.52 bits per heavy atom. The van der Waals surface area contributed by atoms with Crippen LogP contribution >= 0.6 is 0 Å². The highest BCUT2D eigenvalue weighted by Gasteiger charge is 2.28. The topological polar surface area (TPSA) is 64.6 Å². The summed E-state index contributed by atoms with van der Waals surface area (Å²) < 4.78 is 0. The van der Waals surface area contributed by atoms with E-state index in [1.807, 2.05) is 19.9 Å². The van der Waals surface area contributed by atoms with Crippen molar-refractivity contribution in [1.82, 2.24) is 15.5 Å². The van der Waals surface area contributed by atoms with E-state index in [4.69, 9.17) is 0 Å². The molecule has 5 nitrogen and oxygen atoms in total. The van der Waals surface area contributed by atoms with E-state index in [0.29, 0.717) is 0 Å². The van der Waals surface area contributed by atoms with Gasteiger partial charge in [-0.2, -0.15) is 0 Å². The van der Waals surface area contributed by atoms with Gasteiger partial charge in [-0.25, -0.2) is 4.79 Å². The van der Waals surface area contributed by atoms with Crippen LogP contribution in [0.5, 0.6) is 0 Å². The van der Waals surface area contributed by atoms with Crippen molar-refractivity contribution >= 4 is 6.03 Å². The van der Waals surface area contributed by atoms with E-state index in [9.17, 15) is 9.90 Å². The molecule has 1 rings (SSSR count). The number of hydrogen-bond acceptors (Lipinski definition) is 3. The largest absolute Gasteiger partial charge is 0.388 e. The van der Waals surface area contributed by atoms with E-state index in [2.05, 4.69) is 22.1 Å². The van der Waals surface area contributed by atoms with Crippen molar-refractivity contribution in [2.24, 2.45) is 5.92 Å². The normalized spacial score (nSPS) is 21.3. The minimum atomic E-state index is -0.862. The first-order valence-corrected chi connectivity index (χ1v) is 7.99. The van der Waals surface area contributed by atoms with Crippen LogP contribution in [-0.4, -0.2) is 53.9 Å². The summed E-state index contributed by atoms with van der Waals surface area (Å²) in [7, 11) is 0. The number of amides is 2. The van der Waals surface area contributed by atoms with Crippen molar-refractivity contribution < 1.29 is 9.90 Å². The van der Waals surface area contributed by atoms with Gasteiger partial charge in [0, 0.05) is 32.2 Å². The highest BCUT2D eigenvalue weighted by Crippen LogP contribution is 2.18. The number of piperidine rings is 1. The highest BCUT2D eigenvalue weighted by molar-refractivity contribution is 5.74. The monoisotopic (exact) mass is 297 g/mol. The van der Waals surface area contributed by atoms with Crippen molar-refractivity contribution in [3.05, 3.63) is 12.7 Å². The number of urea groups is 1. The average molecular weight is 297 g/mol. The molecule has 0 aromatic carbocycles. The van der Waals surface area contributed by atoms with E-state index in [1.54, 1.807) is 6.92 Å². The Kier molecular flexibility index (Phi) is 7.18. The summed E-state index contributed by atoms with van der Waals surface area (Å²) in [6.45, 7) is 12.7. The number of aliphatic hydroxyl groups is 1. The second-order valence-electron chi connectivity index (χ2n) is 6.36. The summed E-state index contributed by atoms with van der Waals surface area (Å²) in [6, 6.07) is 0.0420. The van der Waals surface area contributed by atoms with Crippen molar-refractivity contribution in [2.45, 2.75) is 51.7 Å². The fourth-order valence-electron chi connectivity index (χ4n) is 2.55. The van der Waals surface area contributed by atoms with Crippen LogP contribution in [0.2, 0.25) is 0 Å². The summed E-state index contributed by atoms with van der Waals surface area (Å²) in [5.41, 5.74) is -0.862. The molecule has 0 spiro atoms. The molecule has 1 aliphatic rings. The van der Waals surface area contributed by atoms with Crippen LogP contribution < -0.4 is 10.6 Å². The third-order valence-corrected chi connectivity index (χ3v) is 4.59. The smallest absolute Gasteiger partial charge is 0.315 e. The standard InChI is InChI=1S/C16H31N3O2/c1-5-9-19-10-7-14(8-11-19)18-15(20)17-12-16(4,21)13(3)6-2/h5,13-14,21H,1,6-12H2,2-4H3,(H2,17,18,20). The maximum Gasteiger partial charge on any atom is 0.315 e. The molecule has 1 fully saturated rings. The number of hydrogen-bond donors (Lipinski definition) is 3. The minimum absolute atomic E-state index is 0.153. The van der Waals surface area contributed by atoms with Gasteiger partial charge >= 0.3 is 6.03 Å². The summed E-state index contributed by atoms with van der Waals surface area (Å²) in [4.78, 5) is 14.2. The van der Waals surface area contributed by atoms with Gasteiger partial charge in [0.15, 0.2) is 0 Å². The molecule has 1 saturated heterocycles. The number of carbonyl (C=O) groups is 1. The first-order chi connectivity index (χ1) is 9.89. The van der Waals surface area contributed by atoms with Crippen LogP contribution in [0.15, 0.2) is 12.7 Å². The Morgan fingerprint density at radius 2 is 2.14 bits per heavy atom. The lowest BCUT2D eigenvalue weighted by Gasteiger charge is -2.33. The molecule has 1 aliphatic heterocycles. The van der Waals surface area contributed by atoms with E-state index in [-0.39, 0.29) is 24.5 Å². The lowest BCUT2D eigenvalue weighted by Crippen LogP contribution is -2.51. The van der Waals surface area contributed by atoms with Gasteiger partial charge in [-0.1, -0.05) is 26.3 Å². The Morgan fingerprint density at radius 3 is 2.67 bits per heavy atom. The van der Waals surface area contributed by atoms with Crippen LogP contribution in [0.4, 0.5) is 4.79 Å². The van der Waals surface area contributed by atoms with Crippen molar-refractivity contribution in [3.8, 4) is 0 Å². The Hall–Kier alpha value is -1.07. The number of likely N-dealkylation sites (tertiary alicyclic amines) is 1. The SMILES string of the molecule is C=CCN1CCC(NC(=O)NCC(C)(O)C(C)CC)CC1.